The highest BCUT2D eigenvalue weighted by atomic mass is 16.5. The second-order valence-electron chi connectivity index (χ2n) is 5.67. The zero-order chi connectivity index (χ0) is 16.2. The predicted molar refractivity (Wildman–Crippen MR) is 89.6 cm³/mol. The van der Waals surface area contributed by atoms with Crippen LogP contribution in [-0.4, -0.2) is 26.7 Å². The molecule has 0 aromatic heterocycles. The Kier molecular flexibility index (Phi) is 4.51. The zero-order valence-electron chi connectivity index (χ0n) is 13.4. The molecule has 1 aliphatic heterocycles. The van der Waals surface area contributed by atoms with Crippen LogP contribution in [0.4, 0.5) is 5.69 Å². The fourth-order valence-electron chi connectivity index (χ4n) is 3.31. The summed E-state index contributed by atoms with van der Waals surface area (Å²) in [6.07, 6.45) is 0.790. The smallest absolute Gasteiger partial charge is 0.311 e. The summed E-state index contributed by atoms with van der Waals surface area (Å²) in [5, 5.41) is 0. The Bertz CT molecular complexity index is 654. The molecule has 4 heteroatoms. The molecule has 0 radical (unpaired) electrons. The number of para-hydroxylation sites is 1. The highest BCUT2D eigenvalue weighted by molar-refractivity contribution is 5.75. The summed E-state index contributed by atoms with van der Waals surface area (Å²) >= 11 is 0. The first-order valence-electron chi connectivity index (χ1n) is 7.78. The minimum absolute atomic E-state index is 0.0178. The van der Waals surface area contributed by atoms with E-state index in [1.54, 1.807) is 7.11 Å². The number of carbonyl (C=O) groups is 1. The number of carbonyl (C=O) groups excluding carboxylic acids is 1. The lowest BCUT2D eigenvalue weighted by molar-refractivity contribution is -0.145. The van der Waals surface area contributed by atoms with Gasteiger partial charge in [0.25, 0.3) is 0 Å². The van der Waals surface area contributed by atoms with E-state index in [1.165, 1.54) is 7.11 Å². The summed E-state index contributed by atoms with van der Waals surface area (Å²) in [4.78, 5) is 14.5. The Hall–Kier alpha value is -2.49. The molecule has 120 valence electrons. The largest absolute Gasteiger partial charge is 0.497 e. The summed E-state index contributed by atoms with van der Waals surface area (Å²) in [7, 11) is 3.11. The molecule has 2 aromatic carbocycles. The standard InChI is InChI=1S/C19H21NO3/c1-22-16-10-8-14(9-11-16)18-17(19(21)23-2)12-13-20(18)15-6-4-3-5-7-15/h3-11,17-18H,12-13H2,1-2H3. The van der Waals surface area contributed by atoms with Gasteiger partial charge in [-0.05, 0) is 36.2 Å². The predicted octanol–water partition coefficient (Wildman–Crippen LogP) is 3.44. The van der Waals surface area contributed by atoms with Crippen LogP contribution in [0.2, 0.25) is 0 Å². The minimum Gasteiger partial charge on any atom is -0.497 e. The number of benzene rings is 2. The van der Waals surface area contributed by atoms with Gasteiger partial charge in [0.05, 0.1) is 26.2 Å². The van der Waals surface area contributed by atoms with E-state index in [0.29, 0.717) is 0 Å². The number of methoxy groups -OCH3 is 2. The van der Waals surface area contributed by atoms with E-state index in [2.05, 4.69) is 17.0 Å². The monoisotopic (exact) mass is 311 g/mol. The molecule has 4 nitrogen and oxygen atoms in total. The van der Waals surface area contributed by atoms with Crippen molar-refractivity contribution in [1.29, 1.82) is 0 Å². The van der Waals surface area contributed by atoms with E-state index in [1.807, 2.05) is 42.5 Å². The first kappa shape index (κ1) is 15.4. The van der Waals surface area contributed by atoms with Crippen LogP contribution in [-0.2, 0) is 9.53 Å². The molecule has 0 aliphatic carbocycles. The van der Waals surface area contributed by atoms with Gasteiger partial charge < -0.3 is 14.4 Å². The number of ether oxygens (including phenoxy) is 2. The molecule has 0 spiro atoms. The van der Waals surface area contributed by atoms with Crippen LogP contribution in [0.5, 0.6) is 5.75 Å². The molecule has 1 saturated heterocycles. The maximum Gasteiger partial charge on any atom is 0.311 e. The van der Waals surface area contributed by atoms with Gasteiger partial charge >= 0.3 is 5.97 Å². The van der Waals surface area contributed by atoms with Crippen molar-refractivity contribution < 1.29 is 14.3 Å². The topological polar surface area (TPSA) is 38.8 Å². The Morgan fingerprint density at radius 3 is 2.35 bits per heavy atom. The molecule has 0 bridgehead atoms. The quantitative estimate of drug-likeness (QED) is 0.811. The van der Waals surface area contributed by atoms with E-state index >= 15 is 0 Å². The lowest BCUT2D eigenvalue weighted by atomic mass is 9.93. The van der Waals surface area contributed by atoms with Crippen molar-refractivity contribution in [3.8, 4) is 5.75 Å². The molecule has 3 rings (SSSR count). The summed E-state index contributed by atoms with van der Waals surface area (Å²) < 4.78 is 10.3. The van der Waals surface area contributed by atoms with Crippen molar-refractivity contribution in [3.63, 3.8) is 0 Å². The molecule has 0 N–H and O–H groups in total. The molecular formula is C19H21NO3. The third-order valence-corrected chi connectivity index (χ3v) is 4.45. The van der Waals surface area contributed by atoms with Crippen LogP contribution < -0.4 is 9.64 Å². The molecule has 0 amide bonds. The zero-order valence-corrected chi connectivity index (χ0v) is 13.4. The van der Waals surface area contributed by atoms with Crippen molar-refractivity contribution in [2.45, 2.75) is 12.5 Å². The third-order valence-electron chi connectivity index (χ3n) is 4.45. The van der Waals surface area contributed by atoms with Gasteiger partial charge in [0, 0.05) is 12.2 Å². The van der Waals surface area contributed by atoms with Crippen LogP contribution in [0, 0.1) is 5.92 Å². The Balaban J connectivity index is 1.97. The van der Waals surface area contributed by atoms with Crippen LogP contribution in [0.15, 0.2) is 54.6 Å². The van der Waals surface area contributed by atoms with Gasteiger partial charge in [-0.25, -0.2) is 0 Å². The van der Waals surface area contributed by atoms with E-state index in [9.17, 15) is 4.79 Å². The van der Waals surface area contributed by atoms with Crippen molar-refractivity contribution in [3.05, 3.63) is 60.2 Å². The van der Waals surface area contributed by atoms with Gasteiger partial charge in [-0.15, -0.1) is 0 Å². The normalized spacial score (nSPS) is 20.3. The van der Waals surface area contributed by atoms with Crippen LogP contribution in [0.25, 0.3) is 0 Å². The summed E-state index contributed by atoms with van der Waals surface area (Å²) in [5.74, 6) is 0.505. The summed E-state index contributed by atoms with van der Waals surface area (Å²) in [5.41, 5.74) is 2.22. The van der Waals surface area contributed by atoms with Crippen LogP contribution in [0.3, 0.4) is 0 Å². The lowest BCUT2D eigenvalue weighted by Crippen LogP contribution is -2.28. The van der Waals surface area contributed by atoms with E-state index in [0.717, 1.165) is 30.0 Å². The van der Waals surface area contributed by atoms with Gasteiger partial charge in [-0.3, -0.25) is 4.79 Å². The Morgan fingerprint density at radius 2 is 1.74 bits per heavy atom. The Morgan fingerprint density at radius 1 is 1.04 bits per heavy atom. The molecule has 2 aromatic rings. The van der Waals surface area contributed by atoms with Crippen molar-refractivity contribution in [1.82, 2.24) is 0 Å². The van der Waals surface area contributed by atoms with Gasteiger partial charge in [0.2, 0.25) is 0 Å². The molecule has 1 fully saturated rings. The van der Waals surface area contributed by atoms with Gasteiger partial charge in [-0.1, -0.05) is 30.3 Å². The Labute approximate surface area is 136 Å². The van der Waals surface area contributed by atoms with E-state index in [-0.39, 0.29) is 17.9 Å². The van der Waals surface area contributed by atoms with E-state index in [4.69, 9.17) is 9.47 Å². The highest BCUT2D eigenvalue weighted by Crippen LogP contribution is 2.41. The van der Waals surface area contributed by atoms with Gasteiger partial charge in [0.1, 0.15) is 5.75 Å². The minimum atomic E-state index is -0.159. The maximum atomic E-state index is 12.2. The number of esters is 1. The lowest BCUT2D eigenvalue weighted by Gasteiger charge is -2.29. The SMILES string of the molecule is COC(=O)C1CCN(c2ccccc2)C1c1ccc(OC)cc1. The fourth-order valence-corrected chi connectivity index (χ4v) is 3.31. The number of rotatable bonds is 4. The molecule has 23 heavy (non-hydrogen) atoms. The second-order valence-corrected chi connectivity index (χ2v) is 5.67. The van der Waals surface area contributed by atoms with Gasteiger partial charge in [0.15, 0.2) is 0 Å². The average Bonchev–Trinajstić information content (AvgIpc) is 3.07. The van der Waals surface area contributed by atoms with Crippen LogP contribution >= 0.6 is 0 Å². The first-order valence-corrected chi connectivity index (χ1v) is 7.78. The number of hydrogen-bond donors (Lipinski definition) is 0. The first-order chi connectivity index (χ1) is 11.2. The van der Waals surface area contributed by atoms with Crippen LogP contribution in [0.1, 0.15) is 18.0 Å². The fraction of sp³-hybridized carbons (Fsp3) is 0.316. The molecule has 2 atom stereocenters. The number of anilines is 1. The molecular weight excluding hydrogens is 290 g/mol. The highest BCUT2D eigenvalue weighted by Gasteiger charge is 2.40. The maximum absolute atomic E-state index is 12.2. The van der Waals surface area contributed by atoms with Crippen molar-refractivity contribution >= 4 is 11.7 Å². The molecule has 0 saturated carbocycles. The summed E-state index contributed by atoms with van der Waals surface area (Å²) in [6, 6.07) is 18.1. The van der Waals surface area contributed by atoms with Gasteiger partial charge in [-0.2, -0.15) is 0 Å². The van der Waals surface area contributed by atoms with Crippen molar-refractivity contribution in [2.24, 2.45) is 5.92 Å². The molecule has 1 aliphatic rings. The van der Waals surface area contributed by atoms with Crippen molar-refractivity contribution in [2.75, 3.05) is 25.7 Å². The second kappa shape index (κ2) is 6.73. The van der Waals surface area contributed by atoms with E-state index < -0.39 is 0 Å². The molecule has 1 heterocycles. The average molecular weight is 311 g/mol. The number of hydrogen-bond acceptors (Lipinski definition) is 4. The third kappa shape index (κ3) is 3.02. The molecule has 2 unspecified atom stereocenters. The summed E-state index contributed by atoms with van der Waals surface area (Å²) in [6.45, 7) is 0.834. The number of nitrogens with zero attached hydrogens (tertiary/aromatic N) is 1.